The quantitative estimate of drug-likeness (QED) is 0.719. The molecule has 0 aliphatic rings. The fourth-order valence-corrected chi connectivity index (χ4v) is 1.83. The van der Waals surface area contributed by atoms with Gasteiger partial charge in [-0.3, -0.25) is 4.79 Å². The van der Waals surface area contributed by atoms with Crippen molar-refractivity contribution in [1.82, 2.24) is 5.32 Å². The summed E-state index contributed by atoms with van der Waals surface area (Å²) < 4.78 is 10.3. The molecular weight excluding hydrogens is 288 g/mol. The van der Waals surface area contributed by atoms with Gasteiger partial charge in [0.05, 0.1) is 14.2 Å². The Balaban J connectivity index is 2.70. The lowest BCUT2D eigenvalue weighted by Crippen LogP contribution is -2.45. The number of carboxylic acids is 1. The molecule has 0 fully saturated rings. The first-order chi connectivity index (χ1) is 10.3. The number of amides is 2. The van der Waals surface area contributed by atoms with E-state index in [9.17, 15) is 9.59 Å². The summed E-state index contributed by atoms with van der Waals surface area (Å²) in [5, 5.41) is 14.1. The Hall–Kier alpha value is -2.44. The minimum absolute atomic E-state index is 0.0136. The monoisotopic (exact) mass is 310 g/mol. The van der Waals surface area contributed by atoms with Crippen molar-refractivity contribution < 1.29 is 24.2 Å². The van der Waals surface area contributed by atoms with Crippen LogP contribution in [0.25, 0.3) is 0 Å². The molecule has 1 rings (SSSR count). The minimum atomic E-state index is -0.896. The molecule has 2 amide bonds. The lowest BCUT2D eigenvalue weighted by molar-refractivity contribution is -0.137. The Morgan fingerprint density at radius 2 is 1.68 bits per heavy atom. The molecule has 0 spiro atoms. The number of hydrogen-bond donors (Lipinski definition) is 3. The lowest BCUT2D eigenvalue weighted by atomic mass is 9.99. The fourth-order valence-electron chi connectivity index (χ4n) is 1.83. The molecule has 0 unspecified atom stereocenters. The molecule has 7 heteroatoms. The molecule has 1 aromatic rings. The van der Waals surface area contributed by atoms with Gasteiger partial charge in [0.25, 0.3) is 0 Å². The predicted octanol–water partition coefficient (Wildman–Crippen LogP) is 2.47. The summed E-state index contributed by atoms with van der Waals surface area (Å²) >= 11 is 0. The third kappa shape index (κ3) is 5.90. The van der Waals surface area contributed by atoms with Gasteiger partial charge in [0, 0.05) is 35.8 Å². The Morgan fingerprint density at radius 3 is 2.14 bits per heavy atom. The summed E-state index contributed by atoms with van der Waals surface area (Å²) in [6, 6.07) is 4.59. The maximum Gasteiger partial charge on any atom is 0.319 e. The smallest absolute Gasteiger partial charge is 0.319 e. The van der Waals surface area contributed by atoms with Gasteiger partial charge in [0.1, 0.15) is 11.5 Å². The van der Waals surface area contributed by atoms with Gasteiger partial charge < -0.3 is 25.2 Å². The van der Waals surface area contributed by atoms with Crippen LogP contribution >= 0.6 is 0 Å². The molecule has 0 saturated heterocycles. The predicted molar refractivity (Wildman–Crippen MR) is 82.6 cm³/mol. The van der Waals surface area contributed by atoms with E-state index in [-0.39, 0.29) is 6.42 Å². The number of nitrogens with one attached hydrogen (secondary N) is 2. The highest BCUT2D eigenvalue weighted by atomic mass is 16.5. The van der Waals surface area contributed by atoms with Gasteiger partial charge >= 0.3 is 12.0 Å². The van der Waals surface area contributed by atoms with Crippen LogP contribution in [-0.4, -0.2) is 36.9 Å². The molecule has 0 radical (unpaired) electrons. The number of carbonyl (C=O) groups is 2. The normalized spacial score (nSPS) is 10.7. The van der Waals surface area contributed by atoms with E-state index >= 15 is 0 Å². The maximum absolute atomic E-state index is 12.0. The standard InChI is InChI=1S/C15H22N2O5/c1-15(2,6-5-13(18)19)17-14(20)16-10-7-11(21-3)9-12(8-10)22-4/h7-9H,5-6H2,1-4H3,(H,18,19)(H2,16,17,20). The van der Waals surface area contributed by atoms with Crippen molar-refractivity contribution in [3.63, 3.8) is 0 Å². The van der Waals surface area contributed by atoms with Gasteiger partial charge in [-0.15, -0.1) is 0 Å². The van der Waals surface area contributed by atoms with Crippen molar-refractivity contribution in [3.8, 4) is 11.5 Å². The molecule has 1 aromatic carbocycles. The molecule has 0 atom stereocenters. The Labute approximate surface area is 129 Å². The van der Waals surface area contributed by atoms with E-state index in [1.807, 2.05) is 0 Å². The minimum Gasteiger partial charge on any atom is -0.497 e. The summed E-state index contributed by atoms with van der Waals surface area (Å²) in [7, 11) is 3.04. The van der Waals surface area contributed by atoms with E-state index < -0.39 is 17.5 Å². The van der Waals surface area contributed by atoms with E-state index in [2.05, 4.69) is 10.6 Å². The molecule has 22 heavy (non-hydrogen) atoms. The second-order valence-electron chi connectivity index (χ2n) is 5.46. The molecule has 0 aliphatic heterocycles. The molecule has 0 aromatic heterocycles. The van der Waals surface area contributed by atoms with Gasteiger partial charge in [-0.1, -0.05) is 0 Å². The zero-order valence-electron chi connectivity index (χ0n) is 13.2. The molecule has 3 N–H and O–H groups in total. The maximum atomic E-state index is 12.0. The number of anilines is 1. The van der Waals surface area contributed by atoms with E-state index in [4.69, 9.17) is 14.6 Å². The molecule has 0 bridgehead atoms. The van der Waals surface area contributed by atoms with Crippen LogP contribution in [0.4, 0.5) is 10.5 Å². The van der Waals surface area contributed by atoms with Crippen LogP contribution in [0.1, 0.15) is 26.7 Å². The van der Waals surface area contributed by atoms with Gasteiger partial charge in [-0.25, -0.2) is 4.79 Å². The fraction of sp³-hybridized carbons (Fsp3) is 0.467. The average molecular weight is 310 g/mol. The van der Waals surface area contributed by atoms with Gasteiger partial charge in [0.2, 0.25) is 0 Å². The molecule has 0 heterocycles. The number of carbonyl (C=O) groups excluding carboxylic acids is 1. The molecule has 0 aliphatic carbocycles. The number of rotatable bonds is 7. The molecule has 7 nitrogen and oxygen atoms in total. The van der Waals surface area contributed by atoms with Crippen molar-refractivity contribution in [2.45, 2.75) is 32.2 Å². The molecule has 122 valence electrons. The van der Waals surface area contributed by atoms with Crippen molar-refractivity contribution >= 4 is 17.7 Å². The number of hydrogen-bond acceptors (Lipinski definition) is 4. The van der Waals surface area contributed by atoms with Crippen LogP contribution < -0.4 is 20.1 Å². The first-order valence-electron chi connectivity index (χ1n) is 6.80. The number of benzene rings is 1. The lowest BCUT2D eigenvalue weighted by Gasteiger charge is -2.25. The van der Waals surface area contributed by atoms with Crippen LogP contribution in [0.15, 0.2) is 18.2 Å². The Morgan fingerprint density at radius 1 is 1.14 bits per heavy atom. The zero-order valence-corrected chi connectivity index (χ0v) is 13.2. The largest absolute Gasteiger partial charge is 0.497 e. The van der Waals surface area contributed by atoms with Gasteiger partial charge in [-0.2, -0.15) is 0 Å². The third-order valence-corrected chi connectivity index (χ3v) is 3.03. The summed E-state index contributed by atoms with van der Waals surface area (Å²) in [5.74, 6) is 0.215. The van der Waals surface area contributed by atoms with E-state index in [0.717, 1.165) is 0 Å². The second-order valence-corrected chi connectivity index (χ2v) is 5.46. The summed E-state index contributed by atoms with van der Waals surface area (Å²) in [6.45, 7) is 3.53. The van der Waals surface area contributed by atoms with Gasteiger partial charge in [0.15, 0.2) is 0 Å². The molecule has 0 saturated carbocycles. The highest BCUT2D eigenvalue weighted by Gasteiger charge is 2.21. The van der Waals surface area contributed by atoms with Crippen LogP contribution in [0, 0.1) is 0 Å². The van der Waals surface area contributed by atoms with Crippen LogP contribution in [0.3, 0.4) is 0 Å². The molecular formula is C15H22N2O5. The number of carboxylic acid groups (broad SMARTS) is 1. The Kier molecular flexibility index (Phi) is 6.03. The number of aliphatic carboxylic acids is 1. The number of methoxy groups -OCH3 is 2. The topological polar surface area (TPSA) is 96.9 Å². The highest BCUT2D eigenvalue weighted by Crippen LogP contribution is 2.25. The number of urea groups is 1. The van der Waals surface area contributed by atoms with Crippen LogP contribution in [0.2, 0.25) is 0 Å². The average Bonchev–Trinajstić information content (AvgIpc) is 2.44. The summed E-state index contributed by atoms with van der Waals surface area (Å²) in [5.41, 5.74) is -0.117. The van der Waals surface area contributed by atoms with Crippen molar-refractivity contribution in [1.29, 1.82) is 0 Å². The highest BCUT2D eigenvalue weighted by molar-refractivity contribution is 5.90. The number of ether oxygens (including phenoxy) is 2. The van der Waals surface area contributed by atoms with E-state index in [1.165, 1.54) is 14.2 Å². The first-order valence-corrected chi connectivity index (χ1v) is 6.80. The van der Waals surface area contributed by atoms with Crippen LogP contribution in [-0.2, 0) is 4.79 Å². The van der Waals surface area contributed by atoms with Gasteiger partial charge in [-0.05, 0) is 20.3 Å². The SMILES string of the molecule is COc1cc(NC(=O)NC(C)(C)CCC(=O)O)cc(OC)c1. The third-order valence-electron chi connectivity index (χ3n) is 3.03. The van der Waals surface area contributed by atoms with Crippen molar-refractivity contribution in [3.05, 3.63) is 18.2 Å². The first kappa shape index (κ1) is 17.6. The van der Waals surface area contributed by atoms with Crippen LogP contribution in [0.5, 0.6) is 11.5 Å². The Bertz CT molecular complexity index is 520. The van der Waals surface area contributed by atoms with E-state index in [1.54, 1.807) is 32.0 Å². The summed E-state index contributed by atoms with van der Waals surface area (Å²) in [4.78, 5) is 22.6. The van der Waals surface area contributed by atoms with Crippen molar-refractivity contribution in [2.75, 3.05) is 19.5 Å². The second kappa shape index (κ2) is 7.53. The van der Waals surface area contributed by atoms with Crippen molar-refractivity contribution in [2.24, 2.45) is 0 Å². The summed E-state index contributed by atoms with van der Waals surface area (Å²) in [6.07, 6.45) is 0.317. The zero-order chi connectivity index (χ0) is 16.8. The van der Waals surface area contributed by atoms with E-state index in [0.29, 0.717) is 23.6 Å².